The van der Waals surface area contributed by atoms with E-state index in [-0.39, 0.29) is 5.41 Å². The van der Waals surface area contributed by atoms with Gasteiger partial charge in [-0.05, 0) is 17.0 Å². The van der Waals surface area contributed by atoms with Crippen LogP contribution in [0.1, 0.15) is 19.4 Å². The Morgan fingerprint density at radius 3 is 2.80 bits per heavy atom. The number of nitrogens with two attached hydrogens (primary N) is 1. The predicted molar refractivity (Wildman–Crippen MR) is 63.8 cm³/mol. The average Bonchev–Trinajstić information content (AvgIpc) is 2.28. The maximum atomic E-state index is 5.81. The zero-order valence-electron chi connectivity index (χ0n) is 9.20. The van der Waals surface area contributed by atoms with Gasteiger partial charge in [-0.3, -0.25) is 4.98 Å². The Morgan fingerprint density at radius 2 is 2.07 bits per heavy atom. The molecule has 0 spiro atoms. The Hall–Kier alpha value is -1.41. The van der Waals surface area contributed by atoms with E-state index < -0.39 is 0 Å². The first-order valence-corrected chi connectivity index (χ1v) is 5.18. The summed E-state index contributed by atoms with van der Waals surface area (Å²) in [4.78, 5) is 4.18. The van der Waals surface area contributed by atoms with Gasteiger partial charge in [-0.25, -0.2) is 0 Å². The highest BCUT2D eigenvalue weighted by Crippen LogP contribution is 2.28. The Morgan fingerprint density at radius 1 is 1.27 bits per heavy atom. The highest BCUT2D eigenvalue weighted by Gasteiger charge is 2.20. The molecule has 0 amide bonds. The molecule has 0 saturated carbocycles. The maximum absolute atomic E-state index is 5.81. The molecule has 78 valence electrons. The number of hydrogen-bond donors (Lipinski definition) is 1. The first kappa shape index (κ1) is 10.1. The molecule has 2 heteroatoms. The molecule has 1 aromatic carbocycles. The summed E-state index contributed by atoms with van der Waals surface area (Å²) in [6.45, 7) is 4.96. The molecule has 1 aromatic heterocycles. The first-order chi connectivity index (χ1) is 7.15. The Bertz CT molecular complexity index is 469. The van der Waals surface area contributed by atoms with E-state index in [1.54, 1.807) is 0 Å². The third kappa shape index (κ3) is 1.73. The average molecular weight is 200 g/mol. The maximum Gasteiger partial charge on any atom is 0.0349 e. The van der Waals surface area contributed by atoms with Crippen LogP contribution in [0, 0.1) is 0 Å². The standard InChI is InChI=1S/C13H16N2/c1-13(2,9-14)12-5-3-4-10-6-7-15-8-11(10)12/h3-8H,9,14H2,1-2H3. The van der Waals surface area contributed by atoms with Crippen LogP contribution in [0.15, 0.2) is 36.7 Å². The molecule has 2 nitrogen and oxygen atoms in total. The molecular weight excluding hydrogens is 184 g/mol. The van der Waals surface area contributed by atoms with Crippen molar-refractivity contribution in [2.45, 2.75) is 19.3 Å². The van der Waals surface area contributed by atoms with Crippen LogP contribution in [-0.2, 0) is 5.41 Å². The van der Waals surface area contributed by atoms with Crippen molar-refractivity contribution in [2.24, 2.45) is 5.73 Å². The summed E-state index contributed by atoms with van der Waals surface area (Å²) >= 11 is 0. The van der Waals surface area contributed by atoms with Crippen LogP contribution in [0.25, 0.3) is 10.8 Å². The zero-order valence-corrected chi connectivity index (χ0v) is 9.20. The number of benzene rings is 1. The number of pyridine rings is 1. The van der Waals surface area contributed by atoms with Crippen LogP contribution in [0.2, 0.25) is 0 Å². The number of nitrogens with zero attached hydrogens (tertiary/aromatic N) is 1. The van der Waals surface area contributed by atoms with E-state index >= 15 is 0 Å². The third-order valence-corrected chi connectivity index (χ3v) is 2.92. The second-order valence-electron chi connectivity index (χ2n) is 4.49. The van der Waals surface area contributed by atoms with Crippen LogP contribution >= 0.6 is 0 Å². The molecule has 15 heavy (non-hydrogen) atoms. The fraction of sp³-hybridized carbons (Fsp3) is 0.308. The van der Waals surface area contributed by atoms with Gasteiger partial charge in [0.15, 0.2) is 0 Å². The van der Waals surface area contributed by atoms with Crippen molar-refractivity contribution in [3.8, 4) is 0 Å². The summed E-state index contributed by atoms with van der Waals surface area (Å²) in [6, 6.07) is 8.35. The molecule has 0 aliphatic carbocycles. The molecule has 0 atom stereocenters. The molecular formula is C13H16N2. The fourth-order valence-corrected chi connectivity index (χ4v) is 1.81. The van der Waals surface area contributed by atoms with Crippen molar-refractivity contribution in [3.05, 3.63) is 42.2 Å². The van der Waals surface area contributed by atoms with E-state index in [0.717, 1.165) is 0 Å². The molecule has 2 aromatic rings. The van der Waals surface area contributed by atoms with Gasteiger partial charge in [0.05, 0.1) is 0 Å². The molecule has 2 rings (SSSR count). The van der Waals surface area contributed by atoms with E-state index in [2.05, 4.69) is 37.0 Å². The Labute approximate surface area is 90.1 Å². The summed E-state index contributed by atoms with van der Waals surface area (Å²) in [6.07, 6.45) is 3.74. The SMILES string of the molecule is CC(C)(CN)c1cccc2ccncc12. The predicted octanol–water partition coefficient (Wildman–Crippen LogP) is 2.47. The van der Waals surface area contributed by atoms with Gasteiger partial charge in [0.1, 0.15) is 0 Å². The van der Waals surface area contributed by atoms with E-state index in [9.17, 15) is 0 Å². The molecule has 0 fully saturated rings. The first-order valence-electron chi connectivity index (χ1n) is 5.18. The lowest BCUT2D eigenvalue weighted by Crippen LogP contribution is -2.28. The van der Waals surface area contributed by atoms with E-state index in [0.29, 0.717) is 6.54 Å². The van der Waals surface area contributed by atoms with E-state index in [1.807, 2.05) is 18.5 Å². The number of rotatable bonds is 2. The lowest BCUT2D eigenvalue weighted by Gasteiger charge is -2.24. The topological polar surface area (TPSA) is 38.9 Å². The van der Waals surface area contributed by atoms with Crippen LogP contribution in [0.4, 0.5) is 0 Å². The number of aromatic nitrogens is 1. The Balaban J connectivity index is 2.71. The van der Waals surface area contributed by atoms with Gasteiger partial charge in [0.25, 0.3) is 0 Å². The van der Waals surface area contributed by atoms with Crippen molar-refractivity contribution in [1.82, 2.24) is 4.98 Å². The largest absolute Gasteiger partial charge is 0.330 e. The van der Waals surface area contributed by atoms with Gasteiger partial charge in [-0.1, -0.05) is 32.0 Å². The number of fused-ring (bicyclic) bond motifs is 1. The van der Waals surface area contributed by atoms with E-state index in [1.165, 1.54) is 16.3 Å². The van der Waals surface area contributed by atoms with Crippen LogP contribution in [0.5, 0.6) is 0 Å². The van der Waals surface area contributed by atoms with Crippen molar-refractivity contribution < 1.29 is 0 Å². The quantitative estimate of drug-likeness (QED) is 0.808. The fourth-order valence-electron chi connectivity index (χ4n) is 1.81. The molecule has 0 aliphatic heterocycles. The summed E-state index contributed by atoms with van der Waals surface area (Å²) < 4.78 is 0. The highest BCUT2D eigenvalue weighted by molar-refractivity contribution is 5.85. The van der Waals surface area contributed by atoms with Crippen molar-refractivity contribution in [2.75, 3.05) is 6.54 Å². The highest BCUT2D eigenvalue weighted by atomic mass is 14.6. The van der Waals surface area contributed by atoms with Gasteiger partial charge in [0.2, 0.25) is 0 Å². The van der Waals surface area contributed by atoms with Crippen molar-refractivity contribution in [3.63, 3.8) is 0 Å². The molecule has 1 heterocycles. The van der Waals surface area contributed by atoms with Crippen LogP contribution in [0.3, 0.4) is 0 Å². The molecule has 0 bridgehead atoms. The lowest BCUT2D eigenvalue weighted by molar-refractivity contribution is 0.544. The minimum Gasteiger partial charge on any atom is -0.330 e. The summed E-state index contributed by atoms with van der Waals surface area (Å²) in [7, 11) is 0. The summed E-state index contributed by atoms with van der Waals surface area (Å²) in [5.74, 6) is 0. The smallest absolute Gasteiger partial charge is 0.0349 e. The molecule has 0 radical (unpaired) electrons. The van der Waals surface area contributed by atoms with Crippen molar-refractivity contribution >= 4 is 10.8 Å². The third-order valence-electron chi connectivity index (χ3n) is 2.92. The molecule has 0 saturated heterocycles. The monoisotopic (exact) mass is 200 g/mol. The van der Waals surface area contributed by atoms with Crippen molar-refractivity contribution in [1.29, 1.82) is 0 Å². The molecule has 0 aliphatic rings. The van der Waals surface area contributed by atoms with E-state index in [4.69, 9.17) is 5.73 Å². The Kier molecular flexibility index (Phi) is 2.45. The molecule has 2 N–H and O–H groups in total. The number of hydrogen-bond acceptors (Lipinski definition) is 2. The van der Waals surface area contributed by atoms with Gasteiger partial charge in [0, 0.05) is 29.7 Å². The lowest BCUT2D eigenvalue weighted by atomic mass is 9.82. The second-order valence-corrected chi connectivity index (χ2v) is 4.49. The normalized spacial score (nSPS) is 11.9. The summed E-state index contributed by atoms with van der Waals surface area (Å²) in [5, 5.41) is 2.43. The second kappa shape index (κ2) is 3.63. The summed E-state index contributed by atoms with van der Waals surface area (Å²) in [5.41, 5.74) is 7.09. The van der Waals surface area contributed by atoms with Crippen LogP contribution < -0.4 is 5.73 Å². The van der Waals surface area contributed by atoms with Gasteiger partial charge >= 0.3 is 0 Å². The minimum atomic E-state index is 0.00252. The zero-order chi connectivity index (χ0) is 10.9. The van der Waals surface area contributed by atoms with Gasteiger partial charge in [-0.15, -0.1) is 0 Å². The van der Waals surface area contributed by atoms with Gasteiger partial charge in [-0.2, -0.15) is 0 Å². The van der Waals surface area contributed by atoms with Crippen LogP contribution in [-0.4, -0.2) is 11.5 Å². The minimum absolute atomic E-state index is 0.00252. The van der Waals surface area contributed by atoms with Gasteiger partial charge < -0.3 is 5.73 Å². The molecule has 0 unspecified atom stereocenters.